The van der Waals surface area contributed by atoms with Gasteiger partial charge < -0.3 is 5.32 Å². The lowest BCUT2D eigenvalue weighted by Crippen LogP contribution is -2.32. The minimum atomic E-state index is -0.378. The third-order valence-electron chi connectivity index (χ3n) is 2.93. The van der Waals surface area contributed by atoms with Crippen molar-refractivity contribution in [1.29, 1.82) is 0 Å². The number of aromatic nitrogens is 2. The summed E-state index contributed by atoms with van der Waals surface area (Å²) < 4.78 is 0. The van der Waals surface area contributed by atoms with Crippen LogP contribution >= 0.6 is 0 Å². The number of amides is 1. The minimum absolute atomic E-state index is 0.0893. The molecule has 0 bridgehead atoms. The summed E-state index contributed by atoms with van der Waals surface area (Å²) in [6, 6.07) is 6.97. The first-order chi connectivity index (χ1) is 9.58. The molecule has 1 atom stereocenters. The van der Waals surface area contributed by atoms with Crippen molar-refractivity contribution in [2.75, 3.05) is 19.4 Å². The van der Waals surface area contributed by atoms with Crippen molar-refractivity contribution in [1.82, 2.24) is 14.9 Å². The van der Waals surface area contributed by atoms with Gasteiger partial charge in [0.15, 0.2) is 0 Å². The second-order valence-corrected chi connectivity index (χ2v) is 4.83. The fraction of sp³-hybridized carbons (Fsp3) is 0.267. The molecule has 2 aromatic rings. The molecule has 0 aromatic carbocycles. The highest BCUT2D eigenvalue weighted by Gasteiger charge is 2.23. The van der Waals surface area contributed by atoms with E-state index >= 15 is 0 Å². The van der Waals surface area contributed by atoms with E-state index in [9.17, 15) is 4.79 Å². The maximum Gasteiger partial charge on any atom is 0.246 e. The summed E-state index contributed by atoms with van der Waals surface area (Å²) in [6.45, 7) is 1.89. The smallest absolute Gasteiger partial charge is 0.246 e. The molecule has 5 heteroatoms. The van der Waals surface area contributed by atoms with Gasteiger partial charge in [-0.25, -0.2) is 0 Å². The third kappa shape index (κ3) is 3.39. The van der Waals surface area contributed by atoms with Crippen molar-refractivity contribution in [3.63, 3.8) is 0 Å². The molecule has 2 heterocycles. The normalized spacial score (nSPS) is 12.2. The minimum Gasteiger partial charge on any atom is -0.324 e. The van der Waals surface area contributed by atoms with E-state index in [1.54, 1.807) is 24.7 Å². The second-order valence-electron chi connectivity index (χ2n) is 4.83. The number of likely N-dealkylation sites (N-methyl/N-ethyl adjacent to an activating group) is 1. The number of nitrogens with zero attached hydrogens (tertiary/aromatic N) is 3. The Kier molecular flexibility index (Phi) is 4.42. The molecule has 1 N–H and O–H groups in total. The van der Waals surface area contributed by atoms with Crippen LogP contribution in [0.1, 0.15) is 17.3 Å². The molecule has 0 fully saturated rings. The van der Waals surface area contributed by atoms with Crippen molar-refractivity contribution in [3.05, 3.63) is 54.1 Å². The van der Waals surface area contributed by atoms with E-state index in [0.29, 0.717) is 0 Å². The van der Waals surface area contributed by atoms with Crippen LogP contribution in [0.15, 0.2) is 42.9 Å². The van der Waals surface area contributed by atoms with E-state index in [1.165, 1.54) is 0 Å². The lowest BCUT2D eigenvalue weighted by molar-refractivity contribution is -0.120. The van der Waals surface area contributed by atoms with Crippen LogP contribution in [0, 0.1) is 6.92 Å². The Hall–Kier alpha value is -2.27. The van der Waals surface area contributed by atoms with Gasteiger partial charge in [-0.15, -0.1) is 0 Å². The van der Waals surface area contributed by atoms with Crippen molar-refractivity contribution in [3.8, 4) is 0 Å². The molecule has 2 rings (SSSR count). The number of aryl methyl sites for hydroxylation is 1. The zero-order valence-corrected chi connectivity index (χ0v) is 11.9. The molecule has 104 valence electrons. The molecule has 0 radical (unpaired) electrons. The van der Waals surface area contributed by atoms with E-state index in [0.717, 1.165) is 16.9 Å². The van der Waals surface area contributed by atoms with Crippen LogP contribution in [0.25, 0.3) is 0 Å². The van der Waals surface area contributed by atoms with Crippen LogP contribution in [0.5, 0.6) is 0 Å². The SMILES string of the molecule is Cc1cc(NC(=O)C(c2cccnc2)N(C)C)ccn1. The second kappa shape index (κ2) is 6.25. The maximum absolute atomic E-state index is 12.5. The number of carbonyl (C=O) groups excluding carboxylic acids is 1. The van der Waals surface area contributed by atoms with Crippen LogP contribution in [0.2, 0.25) is 0 Å². The first-order valence-corrected chi connectivity index (χ1v) is 6.38. The van der Waals surface area contributed by atoms with Crippen LogP contribution in [-0.4, -0.2) is 34.9 Å². The highest BCUT2D eigenvalue weighted by atomic mass is 16.2. The number of pyridine rings is 2. The highest BCUT2D eigenvalue weighted by Crippen LogP contribution is 2.19. The zero-order chi connectivity index (χ0) is 14.5. The Bertz CT molecular complexity index is 583. The Balaban J connectivity index is 2.20. The van der Waals surface area contributed by atoms with Crippen molar-refractivity contribution in [2.45, 2.75) is 13.0 Å². The summed E-state index contributed by atoms with van der Waals surface area (Å²) in [7, 11) is 3.74. The molecule has 0 aliphatic carbocycles. The lowest BCUT2D eigenvalue weighted by atomic mass is 10.1. The van der Waals surface area contributed by atoms with Crippen LogP contribution in [0.3, 0.4) is 0 Å². The number of anilines is 1. The van der Waals surface area contributed by atoms with Gasteiger partial charge in [-0.2, -0.15) is 0 Å². The zero-order valence-electron chi connectivity index (χ0n) is 11.9. The number of carbonyl (C=O) groups is 1. The Labute approximate surface area is 118 Å². The molecule has 0 aliphatic rings. The average molecular weight is 270 g/mol. The van der Waals surface area contributed by atoms with E-state index < -0.39 is 0 Å². The van der Waals surface area contributed by atoms with Crippen molar-refractivity contribution >= 4 is 11.6 Å². The van der Waals surface area contributed by atoms with Crippen LogP contribution in [-0.2, 0) is 4.79 Å². The summed E-state index contributed by atoms with van der Waals surface area (Å²) in [4.78, 5) is 22.5. The predicted octanol–water partition coefficient (Wildman–Crippen LogP) is 2.03. The van der Waals surface area contributed by atoms with Gasteiger partial charge in [0, 0.05) is 30.0 Å². The monoisotopic (exact) mass is 270 g/mol. The van der Waals surface area contributed by atoms with Crippen LogP contribution in [0.4, 0.5) is 5.69 Å². The van der Waals surface area contributed by atoms with E-state index in [1.807, 2.05) is 44.1 Å². The van der Waals surface area contributed by atoms with Crippen molar-refractivity contribution < 1.29 is 4.79 Å². The molecule has 5 nitrogen and oxygen atoms in total. The summed E-state index contributed by atoms with van der Waals surface area (Å²) in [5.41, 5.74) is 2.48. The summed E-state index contributed by atoms with van der Waals surface area (Å²) in [5, 5.41) is 2.91. The highest BCUT2D eigenvalue weighted by molar-refractivity contribution is 5.95. The number of nitrogens with one attached hydrogen (secondary N) is 1. The van der Waals surface area contributed by atoms with Gasteiger partial charge in [0.25, 0.3) is 0 Å². The summed E-state index contributed by atoms with van der Waals surface area (Å²) >= 11 is 0. The molecule has 1 unspecified atom stereocenters. The number of rotatable bonds is 4. The van der Waals surface area contributed by atoms with Gasteiger partial charge in [0.1, 0.15) is 6.04 Å². The van der Waals surface area contributed by atoms with Gasteiger partial charge in [-0.05, 0) is 44.8 Å². The molecular weight excluding hydrogens is 252 g/mol. The Morgan fingerprint density at radius 1 is 1.30 bits per heavy atom. The molecule has 20 heavy (non-hydrogen) atoms. The van der Waals surface area contributed by atoms with E-state index in [4.69, 9.17) is 0 Å². The first kappa shape index (κ1) is 14.1. The van der Waals surface area contributed by atoms with Gasteiger partial charge in [0.05, 0.1) is 0 Å². The van der Waals surface area contributed by atoms with Crippen molar-refractivity contribution in [2.24, 2.45) is 0 Å². The number of hydrogen-bond acceptors (Lipinski definition) is 4. The quantitative estimate of drug-likeness (QED) is 0.923. The summed E-state index contributed by atoms with van der Waals surface area (Å²) in [6.07, 6.45) is 5.09. The average Bonchev–Trinajstić information content (AvgIpc) is 2.39. The Morgan fingerprint density at radius 2 is 2.10 bits per heavy atom. The maximum atomic E-state index is 12.5. The molecule has 0 saturated carbocycles. The van der Waals surface area contributed by atoms with E-state index in [-0.39, 0.29) is 11.9 Å². The van der Waals surface area contributed by atoms with Gasteiger partial charge in [0.2, 0.25) is 5.91 Å². The van der Waals surface area contributed by atoms with Gasteiger partial charge in [-0.3, -0.25) is 19.7 Å². The molecule has 1 amide bonds. The fourth-order valence-electron chi connectivity index (χ4n) is 2.06. The predicted molar refractivity (Wildman–Crippen MR) is 78.3 cm³/mol. The molecule has 0 saturated heterocycles. The largest absolute Gasteiger partial charge is 0.324 e. The van der Waals surface area contributed by atoms with Crippen LogP contribution < -0.4 is 5.32 Å². The topological polar surface area (TPSA) is 58.1 Å². The lowest BCUT2D eigenvalue weighted by Gasteiger charge is -2.23. The Morgan fingerprint density at radius 3 is 2.70 bits per heavy atom. The standard InChI is InChI=1S/C15H18N4O/c1-11-9-13(6-8-17-11)18-15(20)14(19(2)3)12-5-4-7-16-10-12/h4-10,14H,1-3H3,(H,17,18,20). The third-order valence-corrected chi connectivity index (χ3v) is 2.93. The number of hydrogen-bond donors (Lipinski definition) is 1. The molecule has 0 aliphatic heterocycles. The first-order valence-electron chi connectivity index (χ1n) is 6.38. The van der Waals surface area contributed by atoms with E-state index in [2.05, 4.69) is 15.3 Å². The molecular formula is C15H18N4O. The fourth-order valence-corrected chi connectivity index (χ4v) is 2.06. The summed E-state index contributed by atoms with van der Waals surface area (Å²) in [5.74, 6) is -0.0893. The molecule has 0 spiro atoms. The van der Waals surface area contributed by atoms with Gasteiger partial charge >= 0.3 is 0 Å². The van der Waals surface area contributed by atoms with Gasteiger partial charge in [-0.1, -0.05) is 6.07 Å². The molecule has 2 aromatic heterocycles.